The molecule has 2 atom stereocenters. The summed E-state index contributed by atoms with van der Waals surface area (Å²) in [5.41, 5.74) is 5.80. The van der Waals surface area contributed by atoms with E-state index in [-0.39, 0.29) is 12.1 Å². The lowest BCUT2D eigenvalue weighted by Crippen LogP contribution is -2.27. The molecular formula is C23H19Cl2N3. The maximum Gasteiger partial charge on any atom is 0.204 e. The molecule has 4 aromatic rings. The van der Waals surface area contributed by atoms with Gasteiger partial charge in [0.2, 0.25) is 5.95 Å². The number of nitrogens with one attached hydrogen (secondary N) is 1. The van der Waals surface area contributed by atoms with Gasteiger partial charge in [-0.25, -0.2) is 4.98 Å². The van der Waals surface area contributed by atoms with Crippen molar-refractivity contribution in [3.63, 3.8) is 0 Å². The van der Waals surface area contributed by atoms with Gasteiger partial charge in [-0.3, -0.25) is 0 Å². The smallest absolute Gasteiger partial charge is 0.204 e. The van der Waals surface area contributed by atoms with Crippen molar-refractivity contribution in [3.8, 4) is 0 Å². The fraction of sp³-hybridized carbons (Fsp3) is 0.174. The summed E-state index contributed by atoms with van der Waals surface area (Å²) >= 11 is 12.4. The van der Waals surface area contributed by atoms with Gasteiger partial charge >= 0.3 is 0 Å². The highest BCUT2D eigenvalue weighted by Gasteiger charge is 2.31. The van der Waals surface area contributed by atoms with E-state index in [9.17, 15) is 0 Å². The number of aryl methyl sites for hydroxylation is 1. The van der Waals surface area contributed by atoms with E-state index < -0.39 is 0 Å². The summed E-state index contributed by atoms with van der Waals surface area (Å²) in [7, 11) is 0. The molecule has 0 saturated heterocycles. The minimum absolute atomic E-state index is 0.101. The SMILES string of the molecule is Cc1cccc(C2CC(c3ccc(Cl)c(Cl)c3)Nc3nc4ccccc4n32)c1. The molecule has 0 spiro atoms. The Morgan fingerprint density at radius 1 is 0.929 bits per heavy atom. The van der Waals surface area contributed by atoms with Gasteiger partial charge < -0.3 is 9.88 Å². The summed E-state index contributed by atoms with van der Waals surface area (Å²) in [5, 5.41) is 4.76. The minimum Gasteiger partial charge on any atom is -0.349 e. The first-order valence-corrected chi connectivity index (χ1v) is 10.1. The molecule has 0 amide bonds. The van der Waals surface area contributed by atoms with Crippen LogP contribution in [0, 0.1) is 6.92 Å². The lowest BCUT2D eigenvalue weighted by molar-refractivity contribution is 0.477. The standard InChI is InChI=1S/C23H19Cl2N3/c1-14-5-4-6-16(11-14)22-13-20(15-9-10-17(24)18(25)12-15)27-23-26-19-7-2-3-8-21(19)28(22)23/h2-12,20,22H,13H2,1H3,(H,26,27). The molecule has 140 valence electrons. The number of halogens is 2. The van der Waals surface area contributed by atoms with Gasteiger partial charge in [0.05, 0.1) is 33.2 Å². The third kappa shape index (κ3) is 2.95. The first kappa shape index (κ1) is 17.6. The third-order valence-electron chi connectivity index (χ3n) is 5.44. The Balaban J connectivity index is 1.67. The average Bonchev–Trinajstić information content (AvgIpc) is 3.08. The highest BCUT2D eigenvalue weighted by atomic mass is 35.5. The van der Waals surface area contributed by atoms with Crippen molar-refractivity contribution in [2.24, 2.45) is 0 Å². The van der Waals surface area contributed by atoms with Crippen LogP contribution in [-0.4, -0.2) is 9.55 Å². The summed E-state index contributed by atoms with van der Waals surface area (Å²) < 4.78 is 2.32. The first-order chi connectivity index (χ1) is 13.6. The van der Waals surface area contributed by atoms with Crippen LogP contribution in [-0.2, 0) is 0 Å². The van der Waals surface area contributed by atoms with E-state index in [0.29, 0.717) is 10.0 Å². The van der Waals surface area contributed by atoms with E-state index in [1.165, 1.54) is 11.1 Å². The zero-order valence-electron chi connectivity index (χ0n) is 15.4. The molecule has 1 N–H and O–H groups in total. The molecule has 0 radical (unpaired) electrons. The van der Waals surface area contributed by atoms with Gasteiger partial charge in [0.1, 0.15) is 0 Å². The number of aromatic nitrogens is 2. The molecule has 3 nitrogen and oxygen atoms in total. The highest BCUT2D eigenvalue weighted by molar-refractivity contribution is 6.42. The third-order valence-corrected chi connectivity index (χ3v) is 6.18. The van der Waals surface area contributed by atoms with Crippen LogP contribution in [0.15, 0.2) is 66.7 Å². The molecule has 0 aliphatic carbocycles. The molecule has 2 unspecified atom stereocenters. The van der Waals surface area contributed by atoms with Crippen LogP contribution in [0.3, 0.4) is 0 Å². The van der Waals surface area contributed by atoms with Gasteiger partial charge in [0.15, 0.2) is 0 Å². The fourth-order valence-electron chi connectivity index (χ4n) is 4.12. The number of rotatable bonds is 2. The van der Waals surface area contributed by atoms with E-state index in [1.54, 1.807) is 0 Å². The topological polar surface area (TPSA) is 29.9 Å². The number of anilines is 1. The number of nitrogens with zero attached hydrogens (tertiary/aromatic N) is 2. The maximum atomic E-state index is 6.29. The Kier molecular flexibility index (Phi) is 4.30. The van der Waals surface area contributed by atoms with Gasteiger partial charge in [0, 0.05) is 0 Å². The highest BCUT2D eigenvalue weighted by Crippen LogP contribution is 2.42. The number of para-hydroxylation sites is 2. The quantitative estimate of drug-likeness (QED) is 0.395. The predicted molar refractivity (Wildman–Crippen MR) is 116 cm³/mol. The zero-order valence-corrected chi connectivity index (χ0v) is 16.9. The van der Waals surface area contributed by atoms with E-state index in [2.05, 4.69) is 59.3 Å². The average molecular weight is 408 g/mol. The molecule has 1 aliphatic heterocycles. The molecule has 3 aromatic carbocycles. The Bertz CT molecular complexity index is 1180. The van der Waals surface area contributed by atoms with Crippen molar-refractivity contribution >= 4 is 40.2 Å². The fourth-order valence-corrected chi connectivity index (χ4v) is 4.42. The second kappa shape index (κ2) is 6.84. The summed E-state index contributed by atoms with van der Waals surface area (Å²) in [5.74, 6) is 0.884. The van der Waals surface area contributed by atoms with Gasteiger partial charge in [-0.15, -0.1) is 0 Å². The van der Waals surface area contributed by atoms with Crippen LogP contribution in [0.5, 0.6) is 0 Å². The summed E-state index contributed by atoms with van der Waals surface area (Å²) in [4.78, 5) is 4.86. The van der Waals surface area contributed by atoms with E-state index in [1.807, 2.05) is 24.3 Å². The van der Waals surface area contributed by atoms with Gasteiger partial charge in [0.25, 0.3) is 0 Å². The minimum atomic E-state index is 0.101. The lowest BCUT2D eigenvalue weighted by atomic mass is 9.92. The van der Waals surface area contributed by atoms with E-state index >= 15 is 0 Å². The summed E-state index contributed by atoms with van der Waals surface area (Å²) in [6, 6.07) is 23.1. The van der Waals surface area contributed by atoms with Gasteiger partial charge in [-0.1, -0.05) is 71.2 Å². The molecule has 5 heteroatoms. The first-order valence-electron chi connectivity index (χ1n) is 9.35. The zero-order chi connectivity index (χ0) is 19.3. The van der Waals surface area contributed by atoms with Crippen LogP contribution in [0.1, 0.15) is 35.2 Å². The van der Waals surface area contributed by atoms with Gasteiger partial charge in [-0.2, -0.15) is 0 Å². The Morgan fingerprint density at radius 3 is 2.61 bits per heavy atom. The monoisotopic (exact) mass is 407 g/mol. The van der Waals surface area contributed by atoms with Crippen molar-refractivity contribution in [3.05, 3.63) is 93.5 Å². The largest absolute Gasteiger partial charge is 0.349 e. The number of benzene rings is 3. The van der Waals surface area contributed by atoms with Crippen LogP contribution in [0.4, 0.5) is 5.95 Å². The molecule has 1 aliphatic rings. The van der Waals surface area contributed by atoms with Crippen molar-refractivity contribution in [1.29, 1.82) is 0 Å². The lowest BCUT2D eigenvalue weighted by Gasteiger charge is -2.34. The predicted octanol–water partition coefficient (Wildman–Crippen LogP) is 6.80. The van der Waals surface area contributed by atoms with E-state index in [0.717, 1.165) is 29.0 Å². The number of hydrogen-bond acceptors (Lipinski definition) is 2. The number of fused-ring (bicyclic) bond motifs is 3. The van der Waals surface area contributed by atoms with Crippen molar-refractivity contribution in [2.75, 3.05) is 5.32 Å². The second-order valence-corrected chi connectivity index (χ2v) is 8.14. The summed E-state index contributed by atoms with van der Waals surface area (Å²) in [6.07, 6.45) is 0.898. The van der Waals surface area contributed by atoms with Crippen molar-refractivity contribution in [2.45, 2.75) is 25.4 Å². The Hall–Kier alpha value is -2.49. The van der Waals surface area contributed by atoms with Gasteiger partial charge in [-0.05, 0) is 48.7 Å². The van der Waals surface area contributed by atoms with Crippen molar-refractivity contribution < 1.29 is 0 Å². The molecular weight excluding hydrogens is 389 g/mol. The molecule has 0 bridgehead atoms. The Morgan fingerprint density at radius 2 is 1.79 bits per heavy atom. The molecule has 28 heavy (non-hydrogen) atoms. The molecule has 2 heterocycles. The van der Waals surface area contributed by atoms with Crippen LogP contribution >= 0.6 is 23.2 Å². The van der Waals surface area contributed by atoms with Crippen LogP contribution in [0.25, 0.3) is 11.0 Å². The molecule has 1 aromatic heterocycles. The maximum absolute atomic E-state index is 6.29. The molecule has 0 saturated carbocycles. The van der Waals surface area contributed by atoms with E-state index in [4.69, 9.17) is 28.2 Å². The second-order valence-electron chi connectivity index (χ2n) is 7.33. The molecule has 0 fully saturated rings. The Labute approximate surface area is 173 Å². The van der Waals surface area contributed by atoms with Crippen molar-refractivity contribution in [1.82, 2.24) is 9.55 Å². The van der Waals surface area contributed by atoms with Crippen LogP contribution < -0.4 is 5.32 Å². The molecule has 5 rings (SSSR count). The normalized spacial score (nSPS) is 18.7. The van der Waals surface area contributed by atoms with Crippen LogP contribution in [0.2, 0.25) is 10.0 Å². The summed E-state index contributed by atoms with van der Waals surface area (Å²) in [6.45, 7) is 2.13. The number of imidazole rings is 1. The number of hydrogen-bond donors (Lipinski definition) is 1.